The van der Waals surface area contributed by atoms with Gasteiger partial charge in [-0.15, -0.1) is 0 Å². The van der Waals surface area contributed by atoms with Crippen LogP contribution >= 0.6 is 0 Å². The molecule has 56 valence electrons. The lowest BCUT2D eigenvalue weighted by molar-refractivity contribution is -0.125. The van der Waals surface area contributed by atoms with Crippen LogP contribution in [-0.2, 0) is 4.79 Å². The molecule has 0 amide bonds. The van der Waals surface area contributed by atoms with E-state index in [-0.39, 0.29) is 11.2 Å². The van der Waals surface area contributed by atoms with Crippen LogP contribution in [0.4, 0.5) is 0 Å². The summed E-state index contributed by atoms with van der Waals surface area (Å²) in [4.78, 5) is 11.0. The predicted molar refractivity (Wildman–Crippen MR) is 38.6 cm³/mol. The number of hydrogen-bond donors (Lipinski definition) is 1. The van der Waals surface area contributed by atoms with Crippen LogP contribution in [0.15, 0.2) is 11.6 Å². The molecule has 0 aromatic heterocycles. The lowest BCUT2D eigenvalue weighted by atomic mass is 9.90. The molecule has 0 aromatic carbocycles. The van der Waals surface area contributed by atoms with E-state index in [1.165, 1.54) is 0 Å². The van der Waals surface area contributed by atoms with Crippen molar-refractivity contribution in [2.24, 2.45) is 5.41 Å². The second-order valence-electron chi connectivity index (χ2n) is 3.42. The average Bonchev–Trinajstić information content (AvgIpc) is 1.95. The Hall–Kier alpha value is -0.630. The third-order valence-corrected chi connectivity index (χ3v) is 1.93. The minimum atomic E-state index is -0.826. The van der Waals surface area contributed by atoms with Gasteiger partial charge < -0.3 is 5.11 Å². The summed E-state index contributed by atoms with van der Waals surface area (Å²) in [6.07, 6.45) is 0.993. The second kappa shape index (κ2) is 1.92. The third-order valence-electron chi connectivity index (χ3n) is 1.93. The second-order valence-corrected chi connectivity index (χ2v) is 3.42. The van der Waals surface area contributed by atoms with Crippen molar-refractivity contribution >= 4 is 5.78 Å². The monoisotopic (exact) mass is 140 g/mol. The van der Waals surface area contributed by atoms with Gasteiger partial charge in [-0.1, -0.05) is 19.9 Å². The zero-order chi connectivity index (χ0) is 7.94. The summed E-state index contributed by atoms with van der Waals surface area (Å²) >= 11 is 0. The van der Waals surface area contributed by atoms with Gasteiger partial charge in [0.05, 0.1) is 0 Å². The molecule has 1 atom stereocenters. The molecule has 0 saturated carbocycles. The number of aliphatic hydroxyl groups excluding tert-OH is 1. The highest BCUT2D eigenvalue weighted by Gasteiger charge is 2.38. The van der Waals surface area contributed by atoms with E-state index in [0.717, 1.165) is 0 Å². The van der Waals surface area contributed by atoms with Crippen molar-refractivity contribution in [1.82, 2.24) is 0 Å². The van der Waals surface area contributed by atoms with Crippen molar-refractivity contribution in [2.45, 2.75) is 26.9 Å². The van der Waals surface area contributed by atoms with Crippen LogP contribution in [0.25, 0.3) is 0 Å². The largest absolute Gasteiger partial charge is 0.384 e. The Morgan fingerprint density at radius 1 is 1.60 bits per heavy atom. The fourth-order valence-corrected chi connectivity index (χ4v) is 1.26. The summed E-state index contributed by atoms with van der Waals surface area (Å²) in [5.74, 6) is -0.134. The summed E-state index contributed by atoms with van der Waals surface area (Å²) in [6, 6.07) is 0. The number of ketones is 1. The molecule has 1 aliphatic rings. The minimum Gasteiger partial charge on any atom is -0.384 e. The van der Waals surface area contributed by atoms with Crippen LogP contribution in [0.1, 0.15) is 20.8 Å². The predicted octanol–water partition coefficient (Wildman–Crippen LogP) is 0.903. The van der Waals surface area contributed by atoms with E-state index in [0.29, 0.717) is 5.57 Å². The molecule has 2 nitrogen and oxygen atoms in total. The first kappa shape index (κ1) is 7.48. The Labute approximate surface area is 60.6 Å². The molecule has 1 N–H and O–H groups in total. The first-order chi connectivity index (χ1) is 4.45. The van der Waals surface area contributed by atoms with Gasteiger partial charge in [0.1, 0.15) is 6.10 Å². The molecule has 0 aliphatic heterocycles. The average molecular weight is 140 g/mol. The molecule has 2 heteroatoms. The number of hydrogen-bond acceptors (Lipinski definition) is 2. The Bertz CT molecular complexity index is 201. The quantitative estimate of drug-likeness (QED) is 0.543. The molecule has 0 spiro atoms. The maximum absolute atomic E-state index is 11.0. The lowest BCUT2D eigenvalue weighted by Gasteiger charge is -2.18. The van der Waals surface area contributed by atoms with Crippen LogP contribution in [0, 0.1) is 5.41 Å². The number of carbonyl (C=O) groups is 1. The maximum atomic E-state index is 11.0. The molecule has 0 fully saturated rings. The zero-order valence-corrected chi connectivity index (χ0v) is 6.51. The van der Waals surface area contributed by atoms with E-state index in [2.05, 4.69) is 0 Å². The van der Waals surface area contributed by atoms with Crippen LogP contribution in [0.2, 0.25) is 0 Å². The fraction of sp³-hybridized carbons (Fsp3) is 0.625. The van der Waals surface area contributed by atoms with Gasteiger partial charge in [0, 0.05) is 5.41 Å². The first-order valence-electron chi connectivity index (χ1n) is 3.37. The fourth-order valence-electron chi connectivity index (χ4n) is 1.26. The highest BCUT2D eigenvalue weighted by molar-refractivity contribution is 6.01. The van der Waals surface area contributed by atoms with E-state index in [4.69, 9.17) is 0 Å². The van der Waals surface area contributed by atoms with Gasteiger partial charge in [0.25, 0.3) is 0 Å². The van der Waals surface area contributed by atoms with Crippen molar-refractivity contribution in [2.75, 3.05) is 0 Å². The van der Waals surface area contributed by atoms with Crippen molar-refractivity contribution < 1.29 is 9.90 Å². The number of rotatable bonds is 0. The van der Waals surface area contributed by atoms with Crippen molar-refractivity contribution in [3.8, 4) is 0 Å². The summed E-state index contributed by atoms with van der Waals surface area (Å²) in [6.45, 7) is 5.44. The molecule has 0 radical (unpaired) electrons. The van der Waals surface area contributed by atoms with Crippen molar-refractivity contribution in [1.29, 1.82) is 0 Å². The molecule has 10 heavy (non-hydrogen) atoms. The highest BCUT2D eigenvalue weighted by atomic mass is 16.3. The number of carbonyl (C=O) groups excluding carboxylic acids is 1. The maximum Gasteiger partial charge on any atom is 0.187 e. The Morgan fingerprint density at radius 2 is 2.10 bits per heavy atom. The Kier molecular flexibility index (Phi) is 1.44. The zero-order valence-electron chi connectivity index (χ0n) is 6.51. The lowest BCUT2D eigenvalue weighted by Crippen LogP contribution is -2.29. The van der Waals surface area contributed by atoms with E-state index in [1.54, 1.807) is 6.92 Å². The standard InChI is InChI=1S/C8H12O2/c1-5-4-8(2,3)7(10)6(5)9/h4,7,10H,1-3H3. The molecular formula is C8H12O2. The Morgan fingerprint density at radius 3 is 2.20 bits per heavy atom. The van der Waals surface area contributed by atoms with Gasteiger partial charge in [-0.2, -0.15) is 0 Å². The van der Waals surface area contributed by atoms with Crippen molar-refractivity contribution in [3.05, 3.63) is 11.6 Å². The van der Waals surface area contributed by atoms with Crippen LogP contribution in [0.5, 0.6) is 0 Å². The van der Waals surface area contributed by atoms with Crippen LogP contribution < -0.4 is 0 Å². The highest BCUT2D eigenvalue weighted by Crippen LogP contribution is 2.32. The molecule has 1 unspecified atom stereocenters. The summed E-state index contributed by atoms with van der Waals surface area (Å²) < 4.78 is 0. The molecular weight excluding hydrogens is 128 g/mol. The van der Waals surface area contributed by atoms with E-state index < -0.39 is 6.10 Å². The molecule has 0 saturated heterocycles. The SMILES string of the molecule is CC1=CC(C)(C)C(O)C1=O. The van der Waals surface area contributed by atoms with Crippen LogP contribution in [0.3, 0.4) is 0 Å². The topological polar surface area (TPSA) is 37.3 Å². The smallest absolute Gasteiger partial charge is 0.187 e. The van der Waals surface area contributed by atoms with E-state index in [1.807, 2.05) is 19.9 Å². The summed E-state index contributed by atoms with van der Waals surface area (Å²) in [7, 11) is 0. The van der Waals surface area contributed by atoms with Gasteiger partial charge in [-0.05, 0) is 12.5 Å². The summed E-state index contributed by atoms with van der Waals surface area (Å²) in [5.41, 5.74) is 0.318. The normalized spacial score (nSPS) is 30.6. The van der Waals surface area contributed by atoms with Gasteiger partial charge in [0.15, 0.2) is 5.78 Å². The molecule has 0 bridgehead atoms. The van der Waals surface area contributed by atoms with Gasteiger partial charge >= 0.3 is 0 Å². The minimum absolute atomic E-state index is 0.134. The van der Waals surface area contributed by atoms with E-state index in [9.17, 15) is 9.90 Å². The molecule has 1 rings (SSSR count). The van der Waals surface area contributed by atoms with Crippen molar-refractivity contribution in [3.63, 3.8) is 0 Å². The third kappa shape index (κ3) is 0.886. The number of Topliss-reactive ketones (excluding diaryl/α,β-unsaturated/α-hetero) is 1. The molecule has 0 aromatic rings. The summed E-state index contributed by atoms with van der Waals surface area (Å²) in [5, 5.41) is 9.29. The van der Waals surface area contributed by atoms with Gasteiger partial charge in [0.2, 0.25) is 0 Å². The molecule has 1 aliphatic carbocycles. The first-order valence-corrected chi connectivity index (χ1v) is 3.37. The van der Waals surface area contributed by atoms with Gasteiger partial charge in [-0.25, -0.2) is 0 Å². The Balaban J connectivity index is 2.98. The molecule has 0 heterocycles. The van der Waals surface area contributed by atoms with Gasteiger partial charge in [-0.3, -0.25) is 4.79 Å². The van der Waals surface area contributed by atoms with Crippen LogP contribution in [-0.4, -0.2) is 17.0 Å². The number of aliphatic hydroxyl groups is 1. The van der Waals surface area contributed by atoms with E-state index >= 15 is 0 Å².